The van der Waals surface area contributed by atoms with E-state index in [1.54, 1.807) is 23.5 Å². The Labute approximate surface area is 108 Å². The lowest BCUT2D eigenvalue weighted by molar-refractivity contribution is 0.751. The molecule has 0 aromatic heterocycles. The maximum atomic E-state index is 4.45. The van der Waals surface area contributed by atoms with Crippen LogP contribution in [0.2, 0.25) is 0 Å². The van der Waals surface area contributed by atoms with Crippen molar-refractivity contribution in [1.29, 1.82) is 0 Å². The minimum atomic E-state index is 0.707. The van der Waals surface area contributed by atoms with Crippen molar-refractivity contribution in [3.05, 3.63) is 8.47 Å². The lowest BCUT2D eigenvalue weighted by atomic mass is 10.3. The molecule has 0 aromatic carbocycles. The van der Waals surface area contributed by atoms with Crippen molar-refractivity contribution >= 4 is 48.8 Å². The van der Waals surface area contributed by atoms with E-state index in [0.29, 0.717) is 11.8 Å². The maximum absolute atomic E-state index is 4.45. The molecule has 14 heavy (non-hydrogen) atoms. The van der Waals surface area contributed by atoms with Gasteiger partial charge >= 0.3 is 0 Å². The van der Waals surface area contributed by atoms with Crippen molar-refractivity contribution in [2.24, 2.45) is 11.8 Å². The normalized spacial score (nSPS) is 13.7. The van der Waals surface area contributed by atoms with Gasteiger partial charge in [0.05, 0.1) is 8.47 Å². The molecule has 0 amide bonds. The summed E-state index contributed by atoms with van der Waals surface area (Å²) in [4.78, 5) is 0. The molecule has 0 spiro atoms. The Kier molecular flexibility index (Phi) is 8.99. The number of rotatable bonds is 6. The van der Waals surface area contributed by atoms with Gasteiger partial charge in [-0.2, -0.15) is 0 Å². The van der Waals surface area contributed by atoms with E-state index < -0.39 is 0 Å². The molecule has 0 heterocycles. The van der Waals surface area contributed by atoms with Gasteiger partial charge in [-0.3, -0.25) is 0 Å². The van der Waals surface area contributed by atoms with Crippen molar-refractivity contribution in [2.45, 2.75) is 27.7 Å². The Morgan fingerprint density at radius 1 is 0.857 bits per heavy atom. The van der Waals surface area contributed by atoms with Gasteiger partial charge in [0, 0.05) is 11.5 Å². The van der Waals surface area contributed by atoms with Gasteiger partial charge in [0.1, 0.15) is 0 Å². The summed E-state index contributed by atoms with van der Waals surface area (Å²) in [5, 5.41) is 0. The molecule has 0 aliphatic rings. The summed E-state index contributed by atoms with van der Waals surface area (Å²) >= 11 is 12.5. The molecule has 0 saturated carbocycles. The van der Waals surface area contributed by atoms with Crippen LogP contribution in [0.4, 0.5) is 0 Å². The Morgan fingerprint density at radius 3 is 1.36 bits per heavy atom. The molecule has 0 aromatic rings. The van der Waals surface area contributed by atoms with Crippen LogP contribution in [0.1, 0.15) is 27.7 Å². The zero-order valence-corrected chi connectivity index (χ0v) is 12.7. The van der Waals surface area contributed by atoms with E-state index >= 15 is 0 Å². The minimum Gasteiger partial charge on any atom is -0.135 e. The molecule has 4 heteroatoms. The van der Waals surface area contributed by atoms with E-state index in [0.717, 1.165) is 20.0 Å². The van der Waals surface area contributed by atoms with Gasteiger partial charge in [-0.15, -0.1) is 48.8 Å². The van der Waals surface area contributed by atoms with E-state index in [2.05, 4.69) is 53.0 Å². The molecule has 0 aliphatic carbocycles. The third-order valence-corrected chi connectivity index (χ3v) is 5.74. The third-order valence-electron chi connectivity index (χ3n) is 1.29. The van der Waals surface area contributed by atoms with Crippen LogP contribution in [0.25, 0.3) is 0 Å². The van der Waals surface area contributed by atoms with Gasteiger partial charge in [0.2, 0.25) is 0 Å². The smallest absolute Gasteiger partial charge is 0.0569 e. The Morgan fingerprint density at radius 2 is 1.14 bits per heavy atom. The zero-order valence-electron chi connectivity index (χ0n) is 9.28. The zero-order chi connectivity index (χ0) is 11.1. The van der Waals surface area contributed by atoms with Crippen molar-refractivity contribution < 1.29 is 0 Å². The predicted molar refractivity (Wildman–Crippen MR) is 79.6 cm³/mol. The highest BCUT2D eigenvalue weighted by Crippen LogP contribution is 2.34. The molecule has 0 rings (SSSR count). The van der Waals surface area contributed by atoms with Gasteiger partial charge in [0.15, 0.2) is 0 Å². The number of hydrogen-bond acceptors (Lipinski definition) is 4. The molecular formula is C10H20S4. The first kappa shape index (κ1) is 15.1. The van der Waals surface area contributed by atoms with Crippen molar-refractivity contribution in [3.63, 3.8) is 0 Å². The SMILES string of the molecule is CC(C)CSC(S)=C(S)SCC(C)C. The molecule has 0 fully saturated rings. The first-order valence-corrected chi connectivity index (χ1v) is 7.67. The first-order valence-electron chi connectivity index (χ1n) is 4.81. The topological polar surface area (TPSA) is 0 Å². The summed E-state index contributed by atoms with van der Waals surface area (Å²) in [5.74, 6) is 3.65. The highest BCUT2D eigenvalue weighted by Gasteiger charge is 2.03. The van der Waals surface area contributed by atoms with Crippen LogP contribution in [0.3, 0.4) is 0 Å². The summed E-state index contributed by atoms with van der Waals surface area (Å²) in [6, 6.07) is 0. The lowest BCUT2D eigenvalue weighted by Crippen LogP contribution is -1.91. The molecule has 0 unspecified atom stereocenters. The standard InChI is InChI=1S/C10H20S4/c1-7(2)5-13-9(11)10(12)14-6-8(3)4/h7-8,11-12H,5-6H2,1-4H3. The van der Waals surface area contributed by atoms with Crippen LogP contribution in [0, 0.1) is 11.8 Å². The third kappa shape index (κ3) is 8.45. The van der Waals surface area contributed by atoms with E-state index in [1.165, 1.54) is 0 Å². The minimum absolute atomic E-state index is 0.707. The highest BCUT2D eigenvalue weighted by molar-refractivity contribution is 8.21. The Bertz CT molecular complexity index is 165. The van der Waals surface area contributed by atoms with E-state index in [1.807, 2.05) is 0 Å². The average molecular weight is 269 g/mol. The highest BCUT2D eigenvalue weighted by atomic mass is 32.2. The summed E-state index contributed by atoms with van der Waals surface area (Å²) in [7, 11) is 0. The van der Waals surface area contributed by atoms with Gasteiger partial charge in [-0.25, -0.2) is 0 Å². The molecule has 0 N–H and O–H groups in total. The fourth-order valence-corrected chi connectivity index (χ4v) is 3.03. The number of hydrogen-bond donors (Lipinski definition) is 2. The van der Waals surface area contributed by atoms with Crippen molar-refractivity contribution in [2.75, 3.05) is 11.5 Å². The molecule has 84 valence electrons. The number of thioether (sulfide) groups is 2. The van der Waals surface area contributed by atoms with E-state index in [4.69, 9.17) is 0 Å². The van der Waals surface area contributed by atoms with Gasteiger partial charge in [-0.05, 0) is 11.8 Å². The quantitative estimate of drug-likeness (QED) is 0.667. The van der Waals surface area contributed by atoms with E-state index in [9.17, 15) is 0 Å². The second kappa shape index (κ2) is 8.31. The van der Waals surface area contributed by atoms with Crippen LogP contribution in [-0.4, -0.2) is 11.5 Å². The molecule has 0 bridgehead atoms. The van der Waals surface area contributed by atoms with Crippen molar-refractivity contribution in [3.8, 4) is 0 Å². The van der Waals surface area contributed by atoms with Gasteiger partial charge < -0.3 is 0 Å². The Balaban J connectivity index is 3.89. The van der Waals surface area contributed by atoms with Crippen molar-refractivity contribution in [1.82, 2.24) is 0 Å². The molecule has 0 nitrogen and oxygen atoms in total. The Hall–Kier alpha value is 1.14. The summed E-state index contributed by atoms with van der Waals surface area (Å²) in [6.45, 7) is 8.86. The van der Waals surface area contributed by atoms with Crippen LogP contribution in [0.15, 0.2) is 8.47 Å². The molecule has 0 saturated heterocycles. The average Bonchev–Trinajstić information content (AvgIpc) is 2.09. The largest absolute Gasteiger partial charge is 0.135 e. The number of thiol groups is 2. The second-order valence-corrected chi connectivity index (χ2v) is 7.58. The van der Waals surface area contributed by atoms with Crippen LogP contribution >= 0.6 is 48.8 Å². The molecule has 0 radical (unpaired) electrons. The molecular weight excluding hydrogens is 248 g/mol. The summed E-state index contributed by atoms with van der Waals surface area (Å²) in [5.41, 5.74) is 0. The van der Waals surface area contributed by atoms with Crippen LogP contribution in [-0.2, 0) is 0 Å². The van der Waals surface area contributed by atoms with E-state index in [-0.39, 0.29) is 0 Å². The monoisotopic (exact) mass is 268 g/mol. The summed E-state index contributed by atoms with van der Waals surface area (Å²) in [6.07, 6.45) is 0. The first-order chi connectivity index (χ1) is 6.43. The fourth-order valence-electron chi connectivity index (χ4n) is 0.615. The maximum Gasteiger partial charge on any atom is 0.0569 e. The lowest BCUT2D eigenvalue weighted by Gasteiger charge is -2.08. The fraction of sp³-hybridized carbons (Fsp3) is 0.800. The van der Waals surface area contributed by atoms with Gasteiger partial charge in [-0.1, -0.05) is 27.7 Å². The predicted octanol–water partition coefficient (Wildman–Crippen LogP) is 4.75. The summed E-state index contributed by atoms with van der Waals surface area (Å²) < 4.78 is 2.13. The second-order valence-electron chi connectivity index (χ2n) is 4.02. The molecule has 0 aliphatic heterocycles. The van der Waals surface area contributed by atoms with Gasteiger partial charge in [0.25, 0.3) is 0 Å². The van der Waals surface area contributed by atoms with Crippen LogP contribution in [0.5, 0.6) is 0 Å². The molecule has 0 atom stereocenters. The van der Waals surface area contributed by atoms with Crippen LogP contribution < -0.4 is 0 Å².